The molecule has 0 saturated carbocycles. The van der Waals surface area contributed by atoms with Crippen molar-refractivity contribution in [2.24, 2.45) is 0 Å². The Morgan fingerprint density at radius 3 is 2.67 bits per heavy atom. The summed E-state index contributed by atoms with van der Waals surface area (Å²) < 4.78 is 0. The maximum atomic E-state index is 9.57. The van der Waals surface area contributed by atoms with Crippen LogP contribution < -0.4 is 9.80 Å². The van der Waals surface area contributed by atoms with Crippen LogP contribution in [0.3, 0.4) is 0 Å². The number of hydrogen-bond acceptors (Lipinski definition) is 7. The van der Waals surface area contributed by atoms with E-state index in [1.165, 1.54) is 0 Å². The molecule has 0 amide bonds. The van der Waals surface area contributed by atoms with Crippen LogP contribution in [-0.2, 0) is 0 Å². The van der Waals surface area contributed by atoms with Gasteiger partial charge in [0.2, 0.25) is 0 Å². The molecule has 128 valence electrons. The third kappa shape index (κ3) is 2.86. The summed E-state index contributed by atoms with van der Waals surface area (Å²) in [6.45, 7) is 4.19. The topological polar surface area (TPSA) is 65.4 Å². The molecule has 0 aliphatic carbocycles. The lowest BCUT2D eigenvalue weighted by molar-refractivity contribution is 0.266. The van der Waals surface area contributed by atoms with Gasteiger partial charge >= 0.3 is 0 Å². The second-order valence-corrected chi connectivity index (χ2v) is 7.61. The van der Waals surface area contributed by atoms with Gasteiger partial charge in [-0.15, -0.1) is 11.3 Å². The Morgan fingerprint density at radius 2 is 1.92 bits per heavy atom. The highest BCUT2D eigenvalue weighted by molar-refractivity contribution is 7.09. The maximum absolute atomic E-state index is 9.57. The number of aliphatic hydroxyl groups is 1. The Hall–Kier alpha value is -1.73. The van der Waals surface area contributed by atoms with Crippen LogP contribution in [0.25, 0.3) is 0 Å². The van der Waals surface area contributed by atoms with Crippen molar-refractivity contribution in [3.63, 3.8) is 0 Å². The van der Waals surface area contributed by atoms with E-state index in [-0.39, 0.29) is 12.6 Å². The fourth-order valence-electron chi connectivity index (χ4n) is 3.86. The van der Waals surface area contributed by atoms with Crippen LogP contribution in [0.15, 0.2) is 17.8 Å². The van der Waals surface area contributed by atoms with E-state index in [4.69, 9.17) is 0 Å². The van der Waals surface area contributed by atoms with Crippen molar-refractivity contribution >= 4 is 23.0 Å². The molecule has 1 N–H and O–H groups in total. The van der Waals surface area contributed by atoms with E-state index in [0.717, 1.165) is 61.1 Å². The molecule has 24 heavy (non-hydrogen) atoms. The zero-order valence-corrected chi connectivity index (χ0v) is 14.7. The van der Waals surface area contributed by atoms with E-state index in [1.807, 2.05) is 0 Å². The van der Waals surface area contributed by atoms with E-state index < -0.39 is 0 Å². The third-order valence-corrected chi connectivity index (χ3v) is 5.84. The summed E-state index contributed by atoms with van der Waals surface area (Å²) in [4.78, 5) is 18.2. The quantitative estimate of drug-likeness (QED) is 0.919. The molecule has 6 nitrogen and oxygen atoms in total. The predicted octanol–water partition coefficient (Wildman–Crippen LogP) is 2.54. The van der Waals surface area contributed by atoms with E-state index in [9.17, 15) is 5.11 Å². The second-order valence-electron chi connectivity index (χ2n) is 6.55. The molecule has 2 fully saturated rings. The van der Waals surface area contributed by atoms with Gasteiger partial charge in [0.15, 0.2) is 0 Å². The number of rotatable bonds is 4. The standard InChI is InChI=1S/C17H23N5OS/c1-12-20-14(10-24-12)15-5-3-7-22(15)17-8-16(18-11-19-17)21-6-2-4-13(21)9-23/h8,10-11,13,15,23H,2-7,9H2,1H3/t13?,15-/m1/s1. The molecule has 1 unspecified atom stereocenters. The molecule has 2 aromatic heterocycles. The second kappa shape index (κ2) is 6.64. The fraction of sp³-hybridized carbons (Fsp3) is 0.588. The largest absolute Gasteiger partial charge is 0.394 e. The van der Waals surface area contributed by atoms with Gasteiger partial charge in [-0.2, -0.15) is 0 Å². The van der Waals surface area contributed by atoms with Crippen LogP contribution in [0.1, 0.15) is 42.4 Å². The van der Waals surface area contributed by atoms with Gasteiger partial charge in [0, 0.05) is 24.5 Å². The van der Waals surface area contributed by atoms with Gasteiger partial charge < -0.3 is 14.9 Å². The van der Waals surface area contributed by atoms with Crippen molar-refractivity contribution in [2.75, 3.05) is 29.5 Å². The minimum absolute atomic E-state index is 0.184. The van der Waals surface area contributed by atoms with Gasteiger partial charge in [0.1, 0.15) is 18.0 Å². The summed E-state index contributed by atoms with van der Waals surface area (Å²) in [6, 6.07) is 2.57. The molecule has 2 aliphatic heterocycles. The zero-order chi connectivity index (χ0) is 16.5. The van der Waals surface area contributed by atoms with Crippen molar-refractivity contribution in [2.45, 2.75) is 44.7 Å². The zero-order valence-electron chi connectivity index (χ0n) is 13.9. The van der Waals surface area contributed by atoms with Gasteiger partial charge in [-0.25, -0.2) is 15.0 Å². The normalized spacial score (nSPS) is 24.1. The third-order valence-electron chi connectivity index (χ3n) is 5.05. The van der Waals surface area contributed by atoms with Crippen LogP contribution in [0.5, 0.6) is 0 Å². The minimum Gasteiger partial charge on any atom is -0.394 e. The van der Waals surface area contributed by atoms with E-state index in [1.54, 1.807) is 17.7 Å². The summed E-state index contributed by atoms with van der Waals surface area (Å²) in [5, 5.41) is 12.9. The first kappa shape index (κ1) is 15.8. The van der Waals surface area contributed by atoms with Crippen LogP contribution in [0.4, 0.5) is 11.6 Å². The number of thiazole rings is 1. The molecule has 0 spiro atoms. The first-order valence-electron chi connectivity index (χ1n) is 8.64. The number of nitrogens with zero attached hydrogens (tertiary/aromatic N) is 5. The lowest BCUT2D eigenvalue weighted by Crippen LogP contribution is -2.33. The highest BCUT2D eigenvalue weighted by Crippen LogP contribution is 2.36. The Bertz CT molecular complexity index is 706. The maximum Gasteiger partial charge on any atom is 0.134 e. The molecule has 2 atom stereocenters. The van der Waals surface area contributed by atoms with Crippen molar-refractivity contribution in [1.82, 2.24) is 15.0 Å². The van der Waals surface area contributed by atoms with Crippen molar-refractivity contribution in [3.8, 4) is 0 Å². The highest BCUT2D eigenvalue weighted by Gasteiger charge is 2.30. The summed E-state index contributed by atoms with van der Waals surface area (Å²) in [5.74, 6) is 1.90. The van der Waals surface area contributed by atoms with E-state index in [2.05, 4.69) is 43.1 Å². The monoisotopic (exact) mass is 345 g/mol. The van der Waals surface area contributed by atoms with Crippen LogP contribution in [0.2, 0.25) is 0 Å². The molecule has 0 aromatic carbocycles. The van der Waals surface area contributed by atoms with E-state index >= 15 is 0 Å². The highest BCUT2D eigenvalue weighted by atomic mass is 32.1. The Kier molecular flexibility index (Phi) is 4.37. The van der Waals surface area contributed by atoms with Crippen molar-refractivity contribution in [3.05, 3.63) is 28.5 Å². The SMILES string of the molecule is Cc1nc([C@H]2CCCN2c2cc(N3CCCC3CO)ncn2)cs1. The molecule has 7 heteroatoms. The molecule has 2 saturated heterocycles. The van der Waals surface area contributed by atoms with Crippen LogP contribution in [-0.4, -0.2) is 45.8 Å². The molecule has 4 heterocycles. The smallest absolute Gasteiger partial charge is 0.134 e. The van der Waals surface area contributed by atoms with Gasteiger partial charge in [0.25, 0.3) is 0 Å². The fourth-order valence-corrected chi connectivity index (χ4v) is 4.52. The summed E-state index contributed by atoms with van der Waals surface area (Å²) in [7, 11) is 0. The molecule has 0 radical (unpaired) electrons. The van der Waals surface area contributed by atoms with Crippen molar-refractivity contribution in [1.29, 1.82) is 0 Å². The molecule has 2 aliphatic rings. The number of aromatic nitrogens is 3. The molecular formula is C17H23N5OS. The first-order valence-corrected chi connectivity index (χ1v) is 9.52. The summed E-state index contributed by atoms with van der Waals surface area (Å²) in [6.07, 6.45) is 6.06. The van der Waals surface area contributed by atoms with Gasteiger partial charge in [-0.05, 0) is 32.6 Å². The first-order chi connectivity index (χ1) is 11.8. The van der Waals surface area contributed by atoms with Crippen molar-refractivity contribution < 1.29 is 5.11 Å². The van der Waals surface area contributed by atoms with Gasteiger partial charge in [0.05, 0.1) is 29.4 Å². The average molecular weight is 345 g/mol. The Morgan fingerprint density at radius 1 is 1.17 bits per heavy atom. The Labute approximate surface area is 146 Å². The van der Waals surface area contributed by atoms with Gasteiger partial charge in [-0.3, -0.25) is 0 Å². The lowest BCUT2D eigenvalue weighted by Gasteiger charge is -2.27. The average Bonchev–Trinajstić information content (AvgIpc) is 3.34. The van der Waals surface area contributed by atoms with Crippen LogP contribution in [0, 0.1) is 6.92 Å². The van der Waals surface area contributed by atoms with E-state index in [0.29, 0.717) is 6.04 Å². The summed E-state index contributed by atoms with van der Waals surface area (Å²) in [5.41, 5.74) is 1.16. The predicted molar refractivity (Wildman–Crippen MR) is 95.7 cm³/mol. The lowest BCUT2D eigenvalue weighted by atomic mass is 10.1. The van der Waals surface area contributed by atoms with Gasteiger partial charge in [-0.1, -0.05) is 0 Å². The summed E-state index contributed by atoms with van der Waals surface area (Å²) >= 11 is 1.71. The minimum atomic E-state index is 0.184. The molecule has 2 aromatic rings. The van der Waals surface area contributed by atoms with Crippen LogP contribution >= 0.6 is 11.3 Å². The number of hydrogen-bond donors (Lipinski definition) is 1. The Balaban J connectivity index is 1.60. The molecular weight excluding hydrogens is 322 g/mol. The number of anilines is 2. The number of aryl methyl sites for hydroxylation is 1. The number of aliphatic hydroxyl groups excluding tert-OH is 1. The molecule has 4 rings (SSSR count). The molecule has 0 bridgehead atoms.